The van der Waals surface area contributed by atoms with Crippen molar-refractivity contribution in [3.63, 3.8) is 0 Å². The number of methoxy groups -OCH3 is 1. The molecular formula is C24H33N3O. The van der Waals surface area contributed by atoms with Crippen molar-refractivity contribution in [1.29, 1.82) is 0 Å². The van der Waals surface area contributed by atoms with Gasteiger partial charge >= 0.3 is 0 Å². The van der Waals surface area contributed by atoms with E-state index in [1.54, 1.807) is 7.11 Å². The average molecular weight is 380 g/mol. The van der Waals surface area contributed by atoms with Crippen LogP contribution in [-0.2, 0) is 0 Å². The first-order chi connectivity index (χ1) is 13.4. The molecule has 0 radical (unpaired) electrons. The molecule has 4 nitrogen and oxygen atoms in total. The SMILES string of the molecule is CCCCCCC1=NC(=Cc2[nH]c(-c3ccc[nH]3)cc2OC)C(C(C)(C)C)=C1. The molecule has 4 heteroatoms. The Bertz CT molecular complexity index is 874. The van der Waals surface area contributed by atoms with Crippen LogP contribution in [0.4, 0.5) is 0 Å². The largest absolute Gasteiger partial charge is 0.494 e. The summed E-state index contributed by atoms with van der Waals surface area (Å²) in [5, 5.41) is 0. The zero-order valence-electron chi connectivity index (χ0n) is 17.9. The third-order valence-corrected chi connectivity index (χ3v) is 5.14. The molecule has 0 fully saturated rings. The van der Waals surface area contributed by atoms with Gasteiger partial charge in [-0.05, 0) is 48.1 Å². The van der Waals surface area contributed by atoms with Crippen LogP contribution in [0.25, 0.3) is 17.5 Å². The monoisotopic (exact) mass is 379 g/mol. The van der Waals surface area contributed by atoms with Crippen molar-refractivity contribution in [1.82, 2.24) is 9.97 Å². The summed E-state index contributed by atoms with van der Waals surface area (Å²) in [6, 6.07) is 6.07. The van der Waals surface area contributed by atoms with Gasteiger partial charge in [0, 0.05) is 18.0 Å². The number of hydrogen-bond acceptors (Lipinski definition) is 2. The fraction of sp³-hybridized carbons (Fsp3) is 0.458. The maximum absolute atomic E-state index is 5.62. The Kier molecular flexibility index (Phi) is 6.28. The predicted octanol–water partition coefficient (Wildman–Crippen LogP) is 6.76. The molecule has 0 bridgehead atoms. The summed E-state index contributed by atoms with van der Waals surface area (Å²) in [6.45, 7) is 8.99. The summed E-state index contributed by atoms with van der Waals surface area (Å²) >= 11 is 0. The number of ether oxygens (including phenoxy) is 1. The smallest absolute Gasteiger partial charge is 0.144 e. The summed E-state index contributed by atoms with van der Waals surface area (Å²) in [6.07, 6.45) is 12.4. The molecule has 28 heavy (non-hydrogen) atoms. The van der Waals surface area contributed by atoms with Crippen LogP contribution in [0.1, 0.15) is 65.5 Å². The number of aromatic amines is 2. The second kappa shape index (κ2) is 8.68. The van der Waals surface area contributed by atoms with Crippen LogP contribution in [0.15, 0.2) is 46.7 Å². The van der Waals surface area contributed by atoms with Crippen molar-refractivity contribution in [2.75, 3.05) is 7.11 Å². The minimum absolute atomic E-state index is 0.0443. The third kappa shape index (κ3) is 4.67. The highest BCUT2D eigenvalue weighted by Gasteiger charge is 2.26. The molecule has 0 saturated heterocycles. The number of aliphatic imine (C=N–C) groups is 1. The minimum Gasteiger partial charge on any atom is -0.494 e. The molecule has 3 heterocycles. The van der Waals surface area contributed by atoms with Gasteiger partial charge in [-0.15, -0.1) is 0 Å². The van der Waals surface area contributed by atoms with Gasteiger partial charge in [-0.2, -0.15) is 0 Å². The minimum atomic E-state index is 0.0443. The zero-order chi connectivity index (χ0) is 20.1. The van der Waals surface area contributed by atoms with Gasteiger partial charge in [-0.3, -0.25) is 4.99 Å². The summed E-state index contributed by atoms with van der Waals surface area (Å²) < 4.78 is 5.62. The molecule has 150 valence electrons. The number of nitrogens with one attached hydrogen (secondary N) is 2. The Balaban J connectivity index is 1.90. The number of hydrogen-bond donors (Lipinski definition) is 2. The first-order valence-corrected chi connectivity index (χ1v) is 10.3. The second-order valence-corrected chi connectivity index (χ2v) is 8.50. The lowest BCUT2D eigenvalue weighted by atomic mass is 9.84. The van der Waals surface area contributed by atoms with Gasteiger partial charge in [-0.1, -0.05) is 47.0 Å². The van der Waals surface area contributed by atoms with Crippen molar-refractivity contribution in [3.8, 4) is 17.1 Å². The Morgan fingerprint density at radius 2 is 1.96 bits per heavy atom. The van der Waals surface area contributed by atoms with Gasteiger partial charge in [-0.25, -0.2) is 0 Å². The fourth-order valence-corrected chi connectivity index (χ4v) is 3.57. The van der Waals surface area contributed by atoms with E-state index in [9.17, 15) is 0 Å². The normalized spacial score (nSPS) is 15.8. The molecule has 2 N–H and O–H groups in total. The number of H-pyrrole nitrogens is 2. The van der Waals surface area contributed by atoms with Gasteiger partial charge in [0.25, 0.3) is 0 Å². The van der Waals surface area contributed by atoms with Crippen LogP contribution in [-0.4, -0.2) is 22.8 Å². The molecule has 0 aliphatic carbocycles. The molecular weight excluding hydrogens is 346 g/mol. The first kappa shape index (κ1) is 20.2. The standard InChI is InChI=1S/C24H33N3O/c1-6-7-8-9-11-17-14-18(24(2,3)4)20(26-17)15-22-23(28-5)16-21(27-22)19-12-10-13-25-19/h10,12-16,25,27H,6-9,11H2,1-5H3. The van der Waals surface area contributed by atoms with Crippen LogP contribution in [0.2, 0.25) is 0 Å². The van der Waals surface area contributed by atoms with E-state index in [1.165, 1.54) is 37.0 Å². The lowest BCUT2D eigenvalue weighted by Gasteiger charge is -2.20. The number of nitrogens with zero attached hydrogens (tertiary/aromatic N) is 1. The van der Waals surface area contributed by atoms with Gasteiger partial charge in [0.05, 0.1) is 29.9 Å². The molecule has 0 aromatic carbocycles. The van der Waals surface area contributed by atoms with E-state index in [0.29, 0.717) is 0 Å². The van der Waals surface area contributed by atoms with Crippen LogP contribution >= 0.6 is 0 Å². The second-order valence-electron chi connectivity index (χ2n) is 8.50. The molecule has 0 amide bonds. The van der Waals surface area contributed by atoms with E-state index in [1.807, 2.05) is 24.4 Å². The fourth-order valence-electron chi connectivity index (χ4n) is 3.57. The van der Waals surface area contributed by atoms with Crippen molar-refractivity contribution >= 4 is 11.8 Å². The van der Waals surface area contributed by atoms with Crippen molar-refractivity contribution < 1.29 is 4.74 Å². The average Bonchev–Trinajstić information content (AvgIpc) is 3.37. The topological polar surface area (TPSA) is 53.2 Å². The van der Waals surface area contributed by atoms with Crippen molar-refractivity contribution in [2.45, 2.75) is 59.8 Å². The highest BCUT2D eigenvalue weighted by molar-refractivity contribution is 6.01. The van der Waals surface area contributed by atoms with Crippen LogP contribution in [0, 0.1) is 5.41 Å². The van der Waals surface area contributed by atoms with Crippen LogP contribution in [0.5, 0.6) is 5.75 Å². The molecule has 0 saturated carbocycles. The van der Waals surface area contributed by atoms with Gasteiger partial charge < -0.3 is 14.7 Å². The van der Waals surface area contributed by atoms with Gasteiger partial charge in [0.2, 0.25) is 0 Å². The van der Waals surface area contributed by atoms with E-state index in [-0.39, 0.29) is 5.41 Å². The van der Waals surface area contributed by atoms with Crippen molar-refractivity contribution in [3.05, 3.63) is 47.4 Å². The van der Waals surface area contributed by atoms with Gasteiger partial charge in [0.15, 0.2) is 0 Å². The molecule has 0 unspecified atom stereocenters. The Morgan fingerprint density at radius 3 is 2.61 bits per heavy atom. The highest BCUT2D eigenvalue weighted by Crippen LogP contribution is 2.38. The van der Waals surface area contributed by atoms with Crippen LogP contribution < -0.4 is 4.74 Å². The first-order valence-electron chi connectivity index (χ1n) is 10.3. The number of allylic oxidation sites excluding steroid dienone is 2. The van der Waals surface area contributed by atoms with E-state index >= 15 is 0 Å². The Labute approximate surface area is 168 Å². The molecule has 0 spiro atoms. The Morgan fingerprint density at radius 1 is 1.14 bits per heavy atom. The van der Waals surface area contributed by atoms with E-state index in [0.717, 1.165) is 34.9 Å². The molecule has 1 aliphatic rings. The molecule has 1 aliphatic heterocycles. The lowest BCUT2D eigenvalue weighted by molar-refractivity contribution is 0.414. The number of rotatable bonds is 8. The highest BCUT2D eigenvalue weighted by atomic mass is 16.5. The molecule has 2 aromatic heterocycles. The maximum atomic E-state index is 5.62. The third-order valence-electron chi connectivity index (χ3n) is 5.14. The summed E-state index contributed by atoms with van der Waals surface area (Å²) in [5.41, 5.74) is 6.57. The molecule has 2 aromatic rings. The van der Waals surface area contributed by atoms with E-state index in [2.05, 4.69) is 49.8 Å². The predicted molar refractivity (Wildman–Crippen MR) is 119 cm³/mol. The number of aromatic nitrogens is 2. The van der Waals surface area contributed by atoms with Crippen LogP contribution in [0.3, 0.4) is 0 Å². The lowest BCUT2D eigenvalue weighted by Crippen LogP contribution is -2.09. The maximum Gasteiger partial charge on any atom is 0.144 e. The van der Waals surface area contributed by atoms with Gasteiger partial charge in [0.1, 0.15) is 5.75 Å². The summed E-state index contributed by atoms with van der Waals surface area (Å²) in [5.74, 6) is 0.831. The van der Waals surface area contributed by atoms with E-state index < -0.39 is 0 Å². The summed E-state index contributed by atoms with van der Waals surface area (Å²) in [4.78, 5) is 11.7. The van der Waals surface area contributed by atoms with E-state index in [4.69, 9.17) is 9.73 Å². The number of unbranched alkanes of at least 4 members (excludes halogenated alkanes) is 3. The zero-order valence-corrected chi connectivity index (χ0v) is 17.9. The Hall–Kier alpha value is -2.49. The quantitative estimate of drug-likeness (QED) is 0.489. The molecule has 3 rings (SSSR count). The molecule has 0 atom stereocenters. The summed E-state index contributed by atoms with van der Waals surface area (Å²) in [7, 11) is 1.71. The van der Waals surface area contributed by atoms with Crippen molar-refractivity contribution in [2.24, 2.45) is 10.4 Å².